The SMILES string of the molecule is Cn1nncc1NCS(=O)(=O)c1ccc(Br)cc1. The van der Waals surface area contributed by atoms with Crippen molar-refractivity contribution in [3.8, 4) is 0 Å². The van der Waals surface area contributed by atoms with Gasteiger partial charge in [0.15, 0.2) is 9.84 Å². The van der Waals surface area contributed by atoms with Crippen LogP contribution in [-0.4, -0.2) is 29.3 Å². The Morgan fingerprint density at radius 1 is 1.33 bits per heavy atom. The molecule has 0 fully saturated rings. The molecule has 0 bridgehead atoms. The molecule has 0 spiro atoms. The van der Waals surface area contributed by atoms with Gasteiger partial charge in [-0.15, -0.1) is 5.10 Å². The first kappa shape index (κ1) is 13.0. The van der Waals surface area contributed by atoms with E-state index in [0.717, 1.165) is 4.47 Å². The maximum atomic E-state index is 12.0. The lowest BCUT2D eigenvalue weighted by Crippen LogP contribution is -2.16. The minimum atomic E-state index is -3.37. The Kier molecular flexibility index (Phi) is 3.67. The van der Waals surface area contributed by atoms with Crippen LogP contribution < -0.4 is 5.32 Å². The Balaban J connectivity index is 2.13. The van der Waals surface area contributed by atoms with Crippen LogP contribution in [0.2, 0.25) is 0 Å². The summed E-state index contributed by atoms with van der Waals surface area (Å²) in [7, 11) is -1.69. The van der Waals surface area contributed by atoms with E-state index < -0.39 is 9.84 Å². The number of sulfone groups is 1. The van der Waals surface area contributed by atoms with Crippen LogP contribution in [0.5, 0.6) is 0 Å². The zero-order valence-electron chi connectivity index (χ0n) is 9.54. The molecular formula is C10H11BrN4O2S. The summed E-state index contributed by atoms with van der Waals surface area (Å²) >= 11 is 3.26. The average Bonchev–Trinajstić information content (AvgIpc) is 2.73. The van der Waals surface area contributed by atoms with E-state index in [2.05, 4.69) is 31.6 Å². The fourth-order valence-electron chi connectivity index (χ4n) is 1.34. The van der Waals surface area contributed by atoms with Crippen LogP contribution in [0.4, 0.5) is 5.82 Å². The third kappa shape index (κ3) is 2.88. The average molecular weight is 331 g/mol. The van der Waals surface area contributed by atoms with Crippen molar-refractivity contribution in [1.29, 1.82) is 0 Å². The standard InChI is InChI=1S/C10H11BrN4O2S/c1-15-10(6-13-14-15)12-7-18(16,17)9-4-2-8(11)3-5-9/h2-6,12H,7H2,1H3. The Morgan fingerprint density at radius 3 is 2.56 bits per heavy atom. The second-order valence-electron chi connectivity index (χ2n) is 3.63. The van der Waals surface area contributed by atoms with E-state index in [1.807, 2.05) is 0 Å². The first-order chi connectivity index (χ1) is 8.49. The second kappa shape index (κ2) is 5.07. The van der Waals surface area contributed by atoms with Crippen molar-refractivity contribution >= 4 is 31.6 Å². The summed E-state index contributed by atoms with van der Waals surface area (Å²) in [5.41, 5.74) is 0. The van der Waals surface area contributed by atoms with Crippen LogP contribution in [0.1, 0.15) is 0 Å². The summed E-state index contributed by atoms with van der Waals surface area (Å²) in [4.78, 5) is 0.272. The van der Waals surface area contributed by atoms with Crippen LogP contribution in [-0.2, 0) is 16.9 Å². The zero-order chi connectivity index (χ0) is 13.2. The Morgan fingerprint density at radius 2 is 2.00 bits per heavy atom. The summed E-state index contributed by atoms with van der Waals surface area (Å²) in [6, 6.07) is 6.50. The molecule has 0 saturated heterocycles. The van der Waals surface area contributed by atoms with E-state index in [1.54, 1.807) is 31.3 Å². The van der Waals surface area contributed by atoms with Gasteiger partial charge < -0.3 is 5.32 Å². The number of anilines is 1. The molecular weight excluding hydrogens is 320 g/mol. The molecule has 0 aliphatic carbocycles. The summed E-state index contributed by atoms with van der Waals surface area (Å²) in [6.07, 6.45) is 1.47. The molecule has 0 radical (unpaired) electrons. The van der Waals surface area contributed by atoms with Crippen LogP contribution >= 0.6 is 15.9 Å². The quantitative estimate of drug-likeness (QED) is 0.917. The molecule has 2 aromatic rings. The number of benzene rings is 1. The number of nitrogens with one attached hydrogen (secondary N) is 1. The zero-order valence-corrected chi connectivity index (χ0v) is 11.9. The van der Waals surface area contributed by atoms with E-state index in [1.165, 1.54) is 10.9 Å². The maximum absolute atomic E-state index is 12.0. The van der Waals surface area contributed by atoms with Crippen LogP contribution in [0.25, 0.3) is 0 Å². The monoisotopic (exact) mass is 330 g/mol. The molecule has 0 saturated carbocycles. The molecule has 0 aliphatic rings. The highest BCUT2D eigenvalue weighted by Crippen LogP contribution is 2.16. The topological polar surface area (TPSA) is 76.9 Å². The maximum Gasteiger partial charge on any atom is 0.196 e. The number of aryl methyl sites for hydroxylation is 1. The summed E-state index contributed by atoms with van der Waals surface area (Å²) in [6.45, 7) is 0. The normalized spacial score (nSPS) is 11.4. The number of hydrogen-bond donors (Lipinski definition) is 1. The predicted molar refractivity (Wildman–Crippen MR) is 70.8 cm³/mol. The molecule has 6 nitrogen and oxygen atoms in total. The van der Waals surface area contributed by atoms with Crippen molar-refractivity contribution < 1.29 is 8.42 Å². The molecule has 0 amide bonds. The predicted octanol–water partition coefficient (Wildman–Crippen LogP) is 1.42. The molecule has 1 aromatic carbocycles. The Bertz CT molecular complexity index is 636. The van der Waals surface area contributed by atoms with Gasteiger partial charge in [-0.1, -0.05) is 21.1 Å². The van der Waals surface area contributed by atoms with Crippen molar-refractivity contribution in [1.82, 2.24) is 15.0 Å². The number of nitrogens with zero attached hydrogens (tertiary/aromatic N) is 3. The summed E-state index contributed by atoms with van der Waals surface area (Å²) in [5.74, 6) is 0.353. The van der Waals surface area contributed by atoms with Crippen molar-refractivity contribution in [2.75, 3.05) is 11.2 Å². The van der Waals surface area contributed by atoms with Gasteiger partial charge in [-0.25, -0.2) is 13.1 Å². The fourth-order valence-corrected chi connectivity index (χ4v) is 2.66. The largest absolute Gasteiger partial charge is 0.355 e. The van der Waals surface area contributed by atoms with Crippen LogP contribution in [0.3, 0.4) is 0 Å². The third-order valence-corrected chi connectivity index (χ3v) is 4.37. The second-order valence-corrected chi connectivity index (χ2v) is 6.54. The first-order valence-corrected chi connectivity index (χ1v) is 7.50. The van der Waals surface area contributed by atoms with Gasteiger partial charge in [-0.2, -0.15) is 0 Å². The van der Waals surface area contributed by atoms with Crippen molar-refractivity contribution in [3.63, 3.8) is 0 Å². The minimum Gasteiger partial charge on any atom is -0.355 e. The Labute approximate surface area is 113 Å². The first-order valence-electron chi connectivity index (χ1n) is 5.06. The van der Waals surface area contributed by atoms with Gasteiger partial charge in [-0.3, -0.25) is 0 Å². The number of hydrogen-bond acceptors (Lipinski definition) is 5. The van der Waals surface area contributed by atoms with Crippen LogP contribution in [0.15, 0.2) is 39.8 Å². The number of aromatic nitrogens is 3. The van der Waals surface area contributed by atoms with Crippen molar-refractivity contribution in [2.24, 2.45) is 7.05 Å². The lowest BCUT2D eigenvalue weighted by atomic mass is 10.4. The van der Waals surface area contributed by atoms with Gasteiger partial charge in [0.05, 0.1) is 11.1 Å². The highest BCUT2D eigenvalue weighted by atomic mass is 79.9. The molecule has 1 N–H and O–H groups in total. The van der Waals surface area contributed by atoms with Crippen LogP contribution in [0, 0.1) is 0 Å². The van der Waals surface area contributed by atoms with E-state index in [9.17, 15) is 8.42 Å². The molecule has 1 aromatic heterocycles. The molecule has 96 valence electrons. The van der Waals surface area contributed by atoms with Gasteiger partial charge in [0.25, 0.3) is 0 Å². The highest BCUT2D eigenvalue weighted by Gasteiger charge is 2.14. The lowest BCUT2D eigenvalue weighted by molar-refractivity contribution is 0.597. The van der Waals surface area contributed by atoms with Gasteiger partial charge in [0, 0.05) is 11.5 Å². The number of rotatable bonds is 4. The molecule has 0 unspecified atom stereocenters. The molecule has 1 heterocycles. The van der Waals surface area contributed by atoms with Gasteiger partial charge in [0.1, 0.15) is 11.7 Å². The van der Waals surface area contributed by atoms with E-state index in [0.29, 0.717) is 5.82 Å². The summed E-state index contributed by atoms with van der Waals surface area (Å²) < 4.78 is 26.4. The lowest BCUT2D eigenvalue weighted by Gasteiger charge is -2.07. The van der Waals surface area contributed by atoms with E-state index in [4.69, 9.17) is 0 Å². The smallest absolute Gasteiger partial charge is 0.196 e. The van der Waals surface area contributed by atoms with Gasteiger partial charge in [0.2, 0.25) is 0 Å². The molecule has 18 heavy (non-hydrogen) atoms. The van der Waals surface area contributed by atoms with Crippen molar-refractivity contribution in [2.45, 2.75) is 4.90 Å². The van der Waals surface area contributed by atoms with E-state index in [-0.39, 0.29) is 10.8 Å². The van der Waals surface area contributed by atoms with Crippen molar-refractivity contribution in [3.05, 3.63) is 34.9 Å². The third-order valence-electron chi connectivity index (χ3n) is 2.33. The van der Waals surface area contributed by atoms with Gasteiger partial charge in [-0.05, 0) is 24.3 Å². The Hall–Kier alpha value is -1.41. The number of halogens is 1. The molecule has 2 rings (SSSR count). The minimum absolute atomic E-state index is 0.199. The summed E-state index contributed by atoms with van der Waals surface area (Å²) in [5, 5.41) is 10.1. The molecule has 0 atom stereocenters. The fraction of sp³-hybridized carbons (Fsp3) is 0.200. The molecule has 0 aliphatic heterocycles. The van der Waals surface area contributed by atoms with E-state index >= 15 is 0 Å². The van der Waals surface area contributed by atoms with Gasteiger partial charge >= 0.3 is 0 Å². The highest BCUT2D eigenvalue weighted by molar-refractivity contribution is 9.10. The molecule has 8 heteroatoms.